The highest BCUT2D eigenvalue weighted by molar-refractivity contribution is 9.10. The quantitative estimate of drug-likeness (QED) is 0.158. The molecule has 0 atom stereocenters. The number of hydrogen-bond donors (Lipinski definition) is 1. The standard InChI is InChI=1S/C24H22Br2N4O4S/c1-3-21-29-30-24(35-21)28-23(31)16(14-27)11-15-12-19(26)22(20(13-15)32-4-2)34-10-9-33-18-7-5-17(25)6-8-18/h5-8,11-13H,3-4,9-10H2,1-2H3,(H,28,30,31)/b16-11-. The molecular weight excluding hydrogens is 600 g/mol. The van der Waals surface area contributed by atoms with Crippen molar-refractivity contribution in [1.29, 1.82) is 5.26 Å². The first-order valence-electron chi connectivity index (χ1n) is 10.7. The number of aromatic nitrogens is 2. The number of benzene rings is 2. The lowest BCUT2D eigenvalue weighted by Crippen LogP contribution is -2.13. The first kappa shape index (κ1) is 26.7. The van der Waals surface area contributed by atoms with Gasteiger partial charge in [0, 0.05) is 4.47 Å². The molecule has 35 heavy (non-hydrogen) atoms. The van der Waals surface area contributed by atoms with Crippen LogP contribution < -0.4 is 19.5 Å². The molecule has 2 aromatic carbocycles. The molecule has 1 N–H and O–H groups in total. The summed E-state index contributed by atoms with van der Waals surface area (Å²) in [6, 6.07) is 12.9. The van der Waals surface area contributed by atoms with Crippen LogP contribution in [0.3, 0.4) is 0 Å². The van der Waals surface area contributed by atoms with E-state index in [0.717, 1.165) is 15.2 Å². The van der Waals surface area contributed by atoms with E-state index in [1.807, 2.05) is 44.2 Å². The molecule has 0 bridgehead atoms. The van der Waals surface area contributed by atoms with Gasteiger partial charge in [-0.3, -0.25) is 10.1 Å². The molecule has 0 aliphatic heterocycles. The molecule has 1 amide bonds. The molecule has 1 heterocycles. The summed E-state index contributed by atoms with van der Waals surface area (Å²) in [5.74, 6) is 1.16. The lowest BCUT2D eigenvalue weighted by Gasteiger charge is -2.15. The molecule has 11 heteroatoms. The van der Waals surface area contributed by atoms with Crippen molar-refractivity contribution in [3.63, 3.8) is 0 Å². The van der Waals surface area contributed by atoms with Crippen LogP contribution in [0.4, 0.5) is 5.13 Å². The number of nitrogens with one attached hydrogen (secondary N) is 1. The molecule has 3 rings (SSSR count). The van der Waals surface area contributed by atoms with E-state index in [4.69, 9.17) is 14.2 Å². The number of carbonyl (C=O) groups is 1. The number of halogens is 2. The zero-order chi connectivity index (χ0) is 25.2. The molecular formula is C24H22Br2N4O4S. The summed E-state index contributed by atoms with van der Waals surface area (Å²) in [4.78, 5) is 12.6. The van der Waals surface area contributed by atoms with E-state index in [1.54, 1.807) is 12.1 Å². The average Bonchev–Trinajstić information content (AvgIpc) is 3.30. The Bertz CT molecular complexity index is 1240. The molecule has 0 spiro atoms. The maximum atomic E-state index is 12.6. The number of carbonyl (C=O) groups excluding carboxylic acids is 1. The summed E-state index contributed by atoms with van der Waals surface area (Å²) >= 11 is 8.17. The minimum atomic E-state index is -0.564. The maximum absolute atomic E-state index is 12.6. The van der Waals surface area contributed by atoms with Crippen molar-refractivity contribution >= 4 is 60.3 Å². The van der Waals surface area contributed by atoms with Gasteiger partial charge in [-0.2, -0.15) is 5.26 Å². The van der Waals surface area contributed by atoms with Crippen LogP contribution in [0.15, 0.2) is 50.9 Å². The first-order valence-corrected chi connectivity index (χ1v) is 13.1. The van der Waals surface area contributed by atoms with E-state index in [9.17, 15) is 10.1 Å². The van der Waals surface area contributed by atoms with Gasteiger partial charge in [0.2, 0.25) is 5.13 Å². The Balaban J connectivity index is 1.71. The Labute approximate surface area is 224 Å². The molecule has 0 aliphatic carbocycles. The minimum absolute atomic E-state index is 0.0795. The van der Waals surface area contributed by atoms with Gasteiger partial charge in [0.05, 0.1) is 11.1 Å². The molecule has 0 radical (unpaired) electrons. The predicted molar refractivity (Wildman–Crippen MR) is 142 cm³/mol. The van der Waals surface area contributed by atoms with Crippen LogP contribution in [-0.4, -0.2) is 35.9 Å². The van der Waals surface area contributed by atoms with Crippen LogP contribution in [0.1, 0.15) is 24.4 Å². The second-order valence-electron chi connectivity index (χ2n) is 6.89. The number of aryl methyl sites for hydroxylation is 1. The zero-order valence-corrected chi connectivity index (χ0v) is 23.0. The van der Waals surface area contributed by atoms with Crippen LogP contribution in [0.2, 0.25) is 0 Å². The molecule has 0 saturated heterocycles. The number of nitrogens with zero attached hydrogens (tertiary/aromatic N) is 3. The summed E-state index contributed by atoms with van der Waals surface area (Å²) in [5, 5.41) is 21.2. The van der Waals surface area contributed by atoms with Gasteiger partial charge in [0.15, 0.2) is 11.5 Å². The fourth-order valence-electron chi connectivity index (χ4n) is 2.84. The number of hydrogen-bond acceptors (Lipinski definition) is 8. The van der Waals surface area contributed by atoms with Gasteiger partial charge in [-0.1, -0.05) is 34.2 Å². The largest absolute Gasteiger partial charge is 0.490 e. The van der Waals surface area contributed by atoms with Gasteiger partial charge in [-0.25, -0.2) is 0 Å². The third-order valence-electron chi connectivity index (χ3n) is 4.41. The highest BCUT2D eigenvalue weighted by Crippen LogP contribution is 2.37. The van der Waals surface area contributed by atoms with E-state index in [1.165, 1.54) is 17.4 Å². The summed E-state index contributed by atoms with van der Waals surface area (Å²) in [5.41, 5.74) is 0.515. The Morgan fingerprint density at radius 3 is 2.51 bits per heavy atom. The van der Waals surface area contributed by atoms with E-state index in [-0.39, 0.29) is 12.2 Å². The fourth-order valence-corrected chi connectivity index (χ4v) is 4.35. The molecule has 8 nitrogen and oxygen atoms in total. The number of ether oxygens (including phenoxy) is 3. The topological polar surface area (TPSA) is 106 Å². The second-order valence-corrected chi connectivity index (χ2v) is 9.72. The highest BCUT2D eigenvalue weighted by Gasteiger charge is 2.16. The van der Waals surface area contributed by atoms with Crippen LogP contribution in [-0.2, 0) is 11.2 Å². The number of amides is 1. The molecule has 0 fully saturated rings. The van der Waals surface area contributed by atoms with Gasteiger partial charge >= 0.3 is 0 Å². The fraction of sp³-hybridized carbons (Fsp3) is 0.250. The predicted octanol–water partition coefficient (Wildman–Crippen LogP) is 6.03. The number of nitriles is 1. The maximum Gasteiger partial charge on any atom is 0.268 e. The smallest absolute Gasteiger partial charge is 0.268 e. The van der Waals surface area contributed by atoms with Crippen LogP contribution in [0.25, 0.3) is 6.08 Å². The van der Waals surface area contributed by atoms with E-state index < -0.39 is 5.91 Å². The first-order chi connectivity index (χ1) is 16.9. The lowest BCUT2D eigenvalue weighted by atomic mass is 10.1. The number of anilines is 1. The van der Waals surface area contributed by atoms with Crippen LogP contribution >= 0.6 is 43.2 Å². The summed E-state index contributed by atoms with van der Waals surface area (Å²) in [6.07, 6.45) is 2.19. The third kappa shape index (κ3) is 7.78. The molecule has 0 saturated carbocycles. The van der Waals surface area contributed by atoms with Crippen LogP contribution in [0.5, 0.6) is 17.2 Å². The Morgan fingerprint density at radius 2 is 1.86 bits per heavy atom. The van der Waals surface area contributed by atoms with Crippen molar-refractivity contribution in [3.05, 3.63) is 61.5 Å². The van der Waals surface area contributed by atoms with Gasteiger partial charge < -0.3 is 14.2 Å². The Morgan fingerprint density at radius 1 is 1.11 bits per heavy atom. The van der Waals surface area contributed by atoms with E-state index in [0.29, 0.717) is 46.3 Å². The Hall–Kier alpha value is -2.94. The van der Waals surface area contributed by atoms with Crippen molar-refractivity contribution < 1.29 is 19.0 Å². The monoisotopic (exact) mass is 620 g/mol. The third-order valence-corrected chi connectivity index (χ3v) is 6.51. The van der Waals surface area contributed by atoms with E-state index in [2.05, 4.69) is 47.4 Å². The molecule has 182 valence electrons. The normalized spacial score (nSPS) is 11.0. The van der Waals surface area contributed by atoms with Crippen molar-refractivity contribution in [1.82, 2.24) is 10.2 Å². The molecule has 3 aromatic rings. The summed E-state index contributed by atoms with van der Waals surface area (Å²) in [7, 11) is 0. The second kappa shape index (κ2) is 13.2. The lowest BCUT2D eigenvalue weighted by molar-refractivity contribution is -0.112. The summed E-state index contributed by atoms with van der Waals surface area (Å²) in [6.45, 7) is 4.84. The van der Waals surface area contributed by atoms with Gasteiger partial charge in [0.1, 0.15) is 35.6 Å². The summed E-state index contributed by atoms with van der Waals surface area (Å²) < 4.78 is 18.9. The molecule has 1 aromatic heterocycles. The average molecular weight is 622 g/mol. The molecule has 0 aliphatic rings. The van der Waals surface area contributed by atoms with Crippen molar-refractivity contribution in [2.75, 3.05) is 25.1 Å². The van der Waals surface area contributed by atoms with Crippen molar-refractivity contribution in [2.24, 2.45) is 0 Å². The minimum Gasteiger partial charge on any atom is -0.490 e. The van der Waals surface area contributed by atoms with Crippen molar-refractivity contribution in [3.8, 4) is 23.3 Å². The van der Waals surface area contributed by atoms with Crippen molar-refractivity contribution in [2.45, 2.75) is 20.3 Å². The zero-order valence-electron chi connectivity index (χ0n) is 19.0. The number of rotatable bonds is 11. The molecule has 0 unspecified atom stereocenters. The highest BCUT2D eigenvalue weighted by atomic mass is 79.9. The SMILES string of the molecule is CCOc1cc(/C=C(/C#N)C(=O)Nc2nnc(CC)s2)cc(Br)c1OCCOc1ccc(Br)cc1. The van der Waals surface area contributed by atoms with Gasteiger partial charge in [0.25, 0.3) is 5.91 Å². The van der Waals surface area contributed by atoms with Gasteiger partial charge in [-0.05, 0) is 77.3 Å². The van der Waals surface area contributed by atoms with Gasteiger partial charge in [-0.15, -0.1) is 10.2 Å². The van der Waals surface area contributed by atoms with Crippen LogP contribution in [0, 0.1) is 11.3 Å². The van der Waals surface area contributed by atoms with E-state index >= 15 is 0 Å². The Kier molecular flexibility index (Phi) is 10.1.